The quantitative estimate of drug-likeness (QED) is 0.891. The fraction of sp³-hybridized carbons (Fsp3) is 0.368. The molecule has 7 heteroatoms. The van der Waals surface area contributed by atoms with E-state index in [1.807, 2.05) is 24.3 Å². The van der Waals surface area contributed by atoms with Gasteiger partial charge in [0, 0.05) is 38.5 Å². The summed E-state index contributed by atoms with van der Waals surface area (Å²) in [5, 5.41) is 2.93. The number of hydrogen-bond donors (Lipinski definition) is 1. The van der Waals surface area contributed by atoms with Crippen LogP contribution in [-0.2, 0) is 6.54 Å². The molecule has 1 fully saturated rings. The maximum Gasteiger partial charge on any atom is 0.317 e. The first-order valence-electron chi connectivity index (χ1n) is 8.58. The third kappa shape index (κ3) is 4.84. The zero-order valence-corrected chi connectivity index (χ0v) is 14.7. The van der Waals surface area contributed by atoms with Crippen molar-refractivity contribution in [3.8, 4) is 11.6 Å². The van der Waals surface area contributed by atoms with E-state index in [1.165, 1.54) is 12.1 Å². The number of methoxy groups -OCH3 is 1. The highest BCUT2D eigenvalue weighted by Gasteiger charge is 2.24. The number of rotatable bonds is 5. The molecule has 2 amide bonds. The van der Waals surface area contributed by atoms with Gasteiger partial charge in [0.05, 0.1) is 13.3 Å². The third-order valence-corrected chi connectivity index (χ3v) is 4.32. The molecule has 1 N–H and O–H groups in total. The van der Waals surface area contributed by atoms with E-state index in [9.17, 15) is 9.18 Å². The molecular weight excluding hydrogens is 337 g/mol. The van der Waals surface area contributed by atoms with Gasteiger partial charge < -0.3 is 19.7 Å². The first-order valence-corrected chi connectivity index (χ1v) is 8.58. The van der Waals surface area contributed by atoms with Crippen molar-refractivity contribution in [3.05, 3.63) is 54.0 Å². The molecule has 0 spiro atoms. The Hall–Kier alpha value is -2.83. The average molecular weight is 359 g/mol. The van der Waals surface area contributed by atoms with Crippen molar-refractivity contribution in [1.29, 1.82) is 0 Å². The minimum atomic E-state index is -0.388. The van der Waals surface area contributed by atoms with Crippen LogP contribution in [0.15, 0.2) is 42.6 Å². The predicted molar refractivity (Wildman–Crippen MR) is 94.6 cm³/mol. The second kappa shape index (κ2) is 8.51. The maximum atomic E-state index is 12.9. The first kappa shape index (κ1) is 18.0. The summed E-state index contributed by atoms with van der Waals surface area (Å²) in [6.45, 7) is 1.69. The fourth-order valence-corrected chi connectivity index (χ4v) is 2.81. The number of piperidine rings is 1. The van der Waals surface area contributed by atoms with E-state index in [2.05, 4.69) is 10.3 Å². The Morgan fingerprint density at radius 3 is 2.58 bits per heavy atom. The maximum absolute atomic E-state index is 12.9. The van der Waals surface area contributed by atoms with E-state index in [1.54, 1.807) is 12.0 Å². The molecule has 1 aliphatic rings. The van der Waals surface area contributed by atoms with E-state index < -0.39 is 0 Å². The third-order valence-electron chi connectivity index (χ3n) is 4.32. The van der Waals surface area contributed by atoms with Gasteiger partial charge in [0.1, 0.15) is 17.7 Å². The Morgan fingerprint density at radius 2 is 1.96 bits per heavy atom. The van der Waals surface area contributed by atoms with Crippen molar-refractivity contribution in [2.75, 3.05) is 20.2 Å². The zero-order chi connectivity index (χ0) is 18.4. The fourth-order valence-electron chi connectivity index (χ4n) is 2.81. The SMILES string of the molecule is COc1ccc(CNC(=O)N2CCC(Oc3ccc(F)cn3)CC2)cc1. The van der Waals surface area contributed by atoms with Gasteiger partial charge in [0.25, 0.3) is 0 Å². The number of nitrogens with one attached hydrogen (secondary N) is 1. The van der Waals surface area contributed by atoms with Gasteiger partial charge in [-0.15, -0.1) is 0 Å². The molecule has 0 bridgehead atoms. The number of carbonyl (C=O) groups excluding carboxylic acids is 1. The monoisotopic (exact) mass is 359 g/mol. The van der Waals surface area contributed by atoms with Gasteiger partial charge in [0.15, 0.2) is 0 Å². The standard InChI is InChI=1S/C19H22FN3O3/c1-25-16-5-2-14(3-6-16)12-22-19(24)23-10-8-17(9-11-23)26-18-7-4-15(20)13-21-18/h2-7,13,17H,8-12H2,1H3,(H,22,24). The summed E-state index contributed by atoms with van der Waals surface area (Å²) in [4.78, 5) is 18.0. The molecule has 0 aliphatic carbocycles. The Labute approximate surface area is 151 Å². The second-order valence-electron chi connectivity index (χ2n) is 6.13. The summed E-state index contributed by atoms with van der Waals surface area (Å²) < 4.78 is 23.7. The highest BCUT2D eigenvalue weighted by atomic mass is 19.1. The first-order chi connectivity index (χ1) is 12.6. The molecule has 26 heavy (non-hydrogen) atoms. The zero-order valence-electron chi connectivity index (χ0n) is 14.7. The Kier molecular flexibility index (Phi) is 5.88. The lowest BCUT2D eigenvalue weighted by Crippen LogP contribution is -2.46. The molecule has 6 nitrogen and oxygen atoms in total. The van der Waals surface area contributed by atoms with Crippen molar-refractivity contribution < 1.29 is 18.7 Å². The number of ether oxygens (including phenoxy) is 2. The van der Waals surface area contributed by atoms with Crippen LogP contribution in [0.5, 0.6) is 11.6 Å². The van der Waals surface area contributed by atoms with Gasteiger partial charge in [-0.25, -0.2) is 14.2 Å². The Morgan fingerprint density at radius 1 is 1.23 bits per heavy atom. The van der Waals surface area contributed by atoms with Crippen LogP contribution in [0.2, 0.25) is 0 Å². The van der Waals surface area contributed by atoms with Crippen LogP contribution in [0, 0.1) is 5.82 Å². The summed E-state index contributed by atoms with van der Waals surface area (Å²) in [5.74, 6) is 0.812. The summed E-state index contributed by atoms with van der Waals surface area (Å²) >= 11 is 0. The summed E-state index contributed by atoms with van der Waals surface area (Å²) in [5.41, 5.74) is 1.01. The molecule has 1 aromatic carbocycles. The van der Waals surface area contributed by atoms with E-state index in [0.29, 0.717) is 25.5 Å². The molecule has 1 aromatic heterocycles. The number of urea groups is 1. The molecule has 0 atom stereocenters. The van der Waals surface area contributed by atoms with Crippen LogP contribution in [0.3, 0.4) is 0 Å². The van der Waals surface area contributed by atoms with E-state index >= 15 is 0 Å². The predicted octanol–water partition coefficient (Wildman–Crippen LogP) is 2.98. The Bertz CT molecular complexity index is 714. The van der Waals surface area contributed by atoms with E-state index in [0.717, 1.165) is 30.4 Å². The number of amides is 2. The van der Waals surface area contributed by atoms with Crippen molar-refractivity contribution in [2.45, 2.75) is 25.5 Å². The molecule has 0 unspecified atom stereocenters. The molecule has 2 aromatic rings. The molecule has 0 radical (unpaired) electrons. The van der Waals surface area contributed by atoms with Crippen LogP contribution < -0.4 is 14.8 Å². The minimum absolute atomic E-state index is 0.0152. The average Bonchev–Trinajstić information content (AvgIpc) is 2.69. The lowest BCUT2D eigenvalue weighted by molar-refractivity contribution is 0.107. The van der Waals surface area contributed by atoms with Crippen LogP contribution >= 0.6 is 0 Å². The van der Waals surface area contributed by atoms with Crippen molar-refractivity contribution >= 4 is 6.03 Å². The number of pyridine rings is 1. The van der Waals surface area contributed by atoms with Crippen LogP contribution in [0.25, 0.3) is 0 Å². The number of likely N-dealkylation sites (tertiary alicyclic amines) is 1. The normalized spacial score (nSPS) is 14.8. The number of hydrogen-bond acceptors (Lipinski definition) is 4. The van der Waals surface area contributed by atoms with Crippen LogP contribution in [0.4, 0.5) is 9.18 Å². The summed E-state index contributed by atoms with van der Waals surface area (Å²) in [7, 11) is 1.62. The van der Waals surface area contributed by atoms with E-state index in [-0.39, 0.29) is 18.0 Å². The number of aromatic nitrogens is 1. The molecule has 1 aliphatic heterocycles. The van der Waals surface area contributed by atoms with Gasteiger partial charge in [0.2, 0.25) is 5.88 Å². The summed E-state index contributed by atoms with van der Waals surface area (Å²) in [6.07, 6.45) is 2.56. The molecular formula is C19H22FN3O3. The van der Waals surface area contributed by atoms with Crippen molar-refractivity contribution in [1.82, 2.24) is 15.2 Å². The van der Waals surface area contributed by atoms with Crippen molar-refractivity contribution in [3.63, 3.8) is 0 Å². The highest BCUT2D eigenvalue weighted by molar-refractivity contribution is 5.74. The van der Waals surface area contributed by atoms with Gasteiger partial charge in [-0.05, 0) is 23.8 Å². The second-order valence-corrected chi connectivity index (χ2v) is 6.13. The number of carbonyl (C=O) groups is 1. The van der Waals surface area contributed by atoms with Gasteiger partial charge in [-0.3, -0.25) is 0 Å². The number of halogens is 1. The van der Waals surface area contributed by atoms with Gasteiger partial charge in [-0.2, -0.15) is 0 Å². The number of benzene rings is 1. The molecule has 0 saturated carbocycles. The van der Waals surface area contributed by atoms with E-state index in [4.69, 9.17) is 9.47 Å². The summed E-state index contributed by atoms with van der Waals surface area (Å²) in [6, 6.07) is 10.3. The topological polar surface area (TPSA) is 63.7 Å². The van der Waals surface area contributed by atoms with Crippen LogP contribution in [0.1, 0.15) is 18.4 Å². The van der Waals surface area contributed by atoms with Crippen LogP contribution in [-0.4, -0.2) is 42.2 Å². The van der Waals surface area contributed by atoms with Crippen molar-refractivity contribution in [2.24, 2.45) is 0 Å². The lowest BCUT2D eigenvalue weighted by Gasteiger charge is -2.32. The molecule has 1 saturated heterocycles. The number of nitrogens with zero attached hydrogens (tertiary/aromatic N) is 2. The minimum Gasteiger partial charge on any atom is -0.497 e. The molecule has 3 rings (SSSR count). The lowest BCUT2D eigenvalue weighted by atomic mass is 10.1. The van der Waals surface area contributed by atoms with Gasteiger partial charge >= 0.3 is 6.03 Å². The molecule has 2 heterocycles. The Balaban J connectivity index is 1.42. The highest BCUT2D eigenvalue weighted by Crippen LogP contribution is 2.17. The largest absolute Gasteiger partial charge is 0.497 e. The molecule has 138 valence electrons. The van der Waals surface area contributed by atoms with Gasteiger partial charge in [-0.1, -0.05) is 12.1 Å². The smallest absolute Gasteiger partial charge is 0.317 e.